The van der Waals surface area contributed by atoms with Crippen molar-refractivity contribution in [2.45, 2.75) is 6.92 Å². The van der Waals surface area contributed by atoms with Crippen LogP contribution >= 0.6 is 11.3 Å². The fraction of sp³-hybridized carbons (Fsp3) is 0.111. The molecule has 116 valence electrons. The zero-order valence-electron chi connectivity index (χ0n) is 12.6. The van der Waals surface area contributed by atoms with Gasteiger partial charge in [0.15, 0.2) is 0 Å². The summed E-state index contributed by atoms with van der Waals surface area (Å²) in [4.78, 5) is 24.9. The predicted octanol–water partition coefficient (Wildman–Crippen LogP) is 3.90. The van der Waals surface area contributed by atoms with Gasteiger partial charge in [0.2, 0.25) is 0 Å². The lowest BCUT2D eigenvalue weighted by atomic mass is 10.2. The second-order valence-corrected chi connectivity index (χ2v) is 6.13. The Morgan fingerprint density at radius 1 is 1.00 bits per heavy atom. The number of hydrogen-bond donors (Lipinski definition) is 2. The normalized spacial score (nSPS) is 10.5. The highest BCUT2D eigenvalue weighted by atomic mass is 32.1. The van der Waals surface area contributed by atoms with Gasteiger partial charge in [0.25, 0.3) is 11.8 Å². The van der Waals surface area contributed by atoms with Gasteiger partial charge in [0.05, 0.1) is 4.88 Å². The van der Waals surface area contributed by atoms with E-state index in [1.165, 1.54) is 11.3 Å². The van der Waals surface area contributed by atoms with E-state index >= 15 is 0 Å². The number of rotatable bonds is 4. The first kappa shape index (κ1) is 15.2. The first-order valence-corrected chi connectivity index (χ1v) is 8.17. The summed E-state index contributed by atoms with van der Waals surface area (Å²) in [5, 5.41) is 6.64. The van der Waals surface area contributed by atoms with Crippen LogP contribution in [0.15, 0.2) is 54.6 Å². The van der Waals surface area contributed by atoms with Crippen molar-refractivity contribution in [3.8, 4) is 0 Å². The molecule has 0 aliphatic rings. The molecule has 4 nitrogen and oxygen atoms in total. The Labute approximate surface area is 138 Å². The number of fused-ring (bicyclic) bond motifs is 1. The molecule has 2 N–H and O–H groups in total. The number of thiophene rings is 1. The average Bonchev–Trinajstić information content (AvgIpc) is 2.99. The van der Waals surface area contributed by atoms with E-state index in [2.05, 4.69) is 10.6 Å². The summed E-state index contributed by atoms with van der Waals surface area (Å²) < 4.78 is 1.08. The molecule has 0 aliphatic heterocycles. The third-order valence-corrected chi connectivity index (χ3v) is 4.48. The fourth-order valence-electron chi connectivity index (χ4n) is 2.29. The zero-order chi connectivity index (χ0) is 16.2. The number of hydrogen-bond acceptors (Lipinski definition) is 3. The summed E-state index contributed by atoms with van der Waals surface area (Å²) in [5.41, 5.74) is 1.14. The predicted molar refractivity (Wildman–Crippen MR) is 94.2 cm³/mol. The van der Waals surface area contributed by atoms with Crippen LogP contribution in [-0.2, 0) is 0 Å². The van der Waals surface area contributed by atoms with E-state index in [9.17, 15) is 9.59 Å². The fourth-order valence-corrected chi connectivity index (χ4v) is 3.25. The lowest BCUT2D eigenvalue weighted by Gasteiger charge is -2.06. The molecule has 2 aromatic carbocycles. The smallest absolute Gasteiger partial charge is 0.265 e. The molecule has 3 rings (SSSR count). The molecule has 0 fully saturated rings. The molecule has 0 saturated heterocycles. The zero-order valence-corrected chi connectivity index (χ0v) is 13.4. The Hall–Kier alpha value is -2.66. The maximum atomic E-state index is 12.4. The molecular formula is C18H16N2O2S. The van der Waals surface area contributed by atoms with Crippen LogP contribution in [0.4, 0.5) is 5.69 Å². The molecule has 5 heteroatoms. The Kier molecular flexibility index (Phi) is 4.39. The van der Waals surface area contributed by atoms with Gasteiger partial charge in [-0.25, -0.2) is 0 Å². The van der Waals surface area contributed by atoms with Crippen LogP contribution in [0, 0.1) is 0 Å². The Balaban J connectivity index is 1.79. The quantitative estimate of drug-likeness (QED) is 0.764. The highest BCUT2D eigenvalue weighted by Gasteiger charge is 2.11. The Bertz CT molecular complexity index is 837. The monoisotopic (exact) mass is 324 g/mol. The molecule has 0 spiro atoms. The first-order valence-electron chi connectivity index (χ1n) is 7.35. The molecule has 23 heavy (non-hydrogen) atoms. The molecule has 0 bridgehead atoms. The van der Waals surface area contributed by atoms with Crippen LogP contribution in [-0.4, -0.2) is 18.4 Å². The molecular weight excluding hydrogens is 308 g/mol. The number of amides is 2. The molecule has 0 unspecified atom stereocenters. The Morgan fingerprint density at radius 3 is 2.61 bits per heavy atom. The standard InChI is InChI=1S/C18H16N2O2S/c1-2-19-17(21)13-7-5-8-14(10-13)20-18(22)16-11-12-6-3-4-9-15(12)23-16/h3-11H,2H2,1H3,(H,19,21)(H,20,22). The minimum absolute atomic E-state index is 0.148. The summed E-state index contributed by atoms with van der Waals surface area (Å²) in [5.74, 6) is -0.315. The molecule has 0 atom stereocenters. The maximum absolute atomic E-state index is 12.4. The van der Waals surface area contributed by atoms with Crippen molar-refractivity contribution in [2.24, 2.45) is 0 Å². The molecule has 1 aromatic heterocycles. The highest BCUT2D eigenvalue weighted by Crippen LogP contribution is 2.26. The minimum atomic E-state index is -0.167. The van der Waals surface area contributed by atoms with Crippen molar-refractivity contribution in [3.05, 3.63) is 65.0 Å². The number of carbonyl (C=O) groups is 2. The van der Waals surface area contributed by atoms with Crippen LogP contribution in [0.1, 0.15) is 27.0 Å². The van der Waals surface area contributed by atoms with Gasteiger partial charge < -0.3 is 10.6 Å². The SMILES string of the molecule is CCNC(=O)c1cccc(NC(=O)c2cc3ccccc3s2)c1. The molecule has 3 aromatic rings. The van der Waals surface area contributed by atoms with Crippen LogP contribution in [0.25, 0.3) is 10.1 Å². The molecule has 0 aliphatic carbocycles. The lowest BCUT2D eigenvalue weighted by molar-refractivity contribution is 0.0954. The van der Waals surface area contributed by atoms with E-state index in [0.29, 0.717) is 22.7 Å². The topological polar surface area (TPSA) is 58.2 Å². The number of anilines is 1. The second kappa shape index (κ2) is 6.62. The van der Waals surface area contributed by atoms with Crippen LogP contribution < -0.4 is 10.6 Å². The van der Waals surface area contributed by atoms with Crippen molar-refractivity contribution in [1.29, 1.82) is 0 Å². The molecule has 0 saturated carbocycles. The van der Waals surface area contributed by atoms with Crippen molar-refractivity contribution >= 4 is 38.9 Å². The molecule has 0 radical (unpaired) electrons. The van der Waals surface area contributed by atoms with Gasteiger partial charge in [-0.05, 0) is 42.6 Å². The van der Waals surface area contributed by atoms with Gasteiger partial charge in [-0.2, -0.15) is 0 Å². The number of nitrogens with one attached hydrogen (secondary N) is 2. The molecule has 2 amide bonds. The van der Waals surface area contributed by atoms with Crippen LogP contribution in [0.5, 0.6) is 0 Å². The van der Waals surface area contributed by atoms with Crippen molar-refractivity contribution in [3.63, 3.8) is 0 Å². The van der Waals surface area contributed by atoms with Crippen molar-refractivity contribution in [2.75, 3.05) is 11.9 Å². The number of carbonyl (C=O) groups excluding carboxylic acids is 2. The van der Waals surface area contributed by atoms with E-state index < -0.39 is 0 Å². The minimum Gasteiger partial charge on any atom is -0.352 e. The summed E-state index contributed by atoms with van der Waals surface area (Å²) >= 11 is 1.45. The maximum Gasteiger partial charge on any atom is 0.265 e. The first-order chi connectivity index (χ1) is 11.2. The summed E-state index contributed by atoms with van der Waals surface area (Å²) in [6.45, 7) is 2.43. The average molecular weight is 324 g/mol. The lowest BCUT2D eigenvalue weighted by Crippen LogP contribution is -2.22. The molecule has 1 heterocycles. The summed E-state index contributed by atoms with van der Waals surface area (Å²) in [7, 11) is 0. The third-order valence-electron chi connectivity index (χ3n) is 3.37. The second-order valence-electron chi connectivity index (χ2n) is 5.04. The van der Waals surface area contributed by atoms with Gasteiger partial charge in [0, 0.05) is 22.5 Å². The van der Waals surface area contributed by atoms with Gasteiger partial charge >= 0.3 is 0 Å². The van der Waals surface area contributed by atoms with Crippen molar-refractivity contribution in [1.82, 2.24) is 5.32 Å². The van der Waals surface area contributed by atoms with Gasteiger partial charge in [-0.3, -0.25) is 9.59 Å². The van der Waals surface area contributed by atoms with Gasteiger partial charge in [-0.15, -0.1) is 11.3 Å². The third kappa shape index (κ3) is 3.40. The van der Waals surface area contributed by atoms with E-state index in [1.54, 1.807) is 24.3 Å². The van der Waals surface area contributed by atoms with E-state index in [1.807, 2.05) is 37.3 Å². The van der Waals surface area contributed by atoms with Gasteiger partial charge in [0.1, 0.15) is 0 Å². The van der Waals surface area contributed by atoms with Crippen LogP contribution in [0.3, 0.4) is 0 Å². The van der Waals surface area contributed by atoms with E-state index in [0.717, 1.165) is 10.1 Å². The Morgan fingerprint density at radius 2 is 1.83 bits per heavy atom. The van der Waals surface area contributed by atoms with E-state index in [-0.39, 0.29) is 11.8 Å². The highest BCUT2D eigenvalue weighted by molar-refractivity contribution is 7.20. The van der Waals surface area contributed by atoms with Crippen molar-refractivity contribution < 1.29 is 9.59 Å². The largest absolute Gasteiger partial charge is 0.352 e. The summed E-state index contributed by atoms with van der Waals surface area (Å²) in [6, 6.07) is 16.7. The summed E-state index contributed by atoms with van der Waals surface area (Å²) in [6.07, 6.45) is 0. The number of benzene rings is 2. The van der Waals surface area contributed by atoms with E-state index in [4.69, 9.17) is 0 Å². The van der Waals surface area contributed by atoms with Crippen LogP contribution in [0.2, 0.25) is 0 Å². The van der Waals surface area contributed by atoms with Gasteiger partial charge in [-0.1, -0.05) is 24.3 Å².